The maximum atomic E-state index is 6.25. The third-order valence-electron chi connectivity index (χ3n) is 7.69. The van der Waals surface area contributed by atoms with E-state index in [1.165, 1.54) is 0 Å². The van der Waals surface area contributed by atoms with Crippen LogP contribution in [0.5, 0.6) is 11.6 Å². The van der Waals surface area contributed by atoms with E-state index in [1.54, 1.807) is 6.20 Å². The molecule has 0 unspecified atom stereocenters. The van der Waals surface area contributed by atoms with Gasteiger partial charge in [0, 0.05) is 6.20 Å². The fourth-order valence-electron chi connectivity index (χ4n) is 5.50. The molecular formula is C40H30N4OPt-2. The van der Waals surface area contributed by atoms with Crippen LogP contribution in [0, 0.1) is 22.9 Å². The minimum atomic E-state index is 0.526. The van der Waals surface area contributed by atoms with E-state index < -0.39 is 0 Å². The Balaban J connectivity index is 1.49. The molecule has 7 rings (SSSR count). The molecule has 0 amide bonds. The predicted octanol–water partition coefficient (Wildman–Crippen LogP) is 9.79. The van der Waals surface area contributed by atoms with Gasteiger partial charge < -0.3 is 0 Å². The fourth-order valence-corrected chi connectivity index (χ4v) is 6.11. The van der Waals surface area contributed by atoms with Crippen LogP contribution in [0.4, 0.5) is 17.1 Å². The summed E-state index contributed by atoms with van der Waals surface area (Å²) in [6, 6.07) is 50.9. The van der Waals surface area contributed by atoms with Gasteiger partial charge in [0.1, 0.15) is 0 Å². The Morgan fingerprint density at radius 3 is 1.96 bits per heavy atom. The molecule has 5 nitrogen and oxygen atoms in total. The van der Waals surface area contributed by atoms with Gasteiger partial charge in [-0.3, -0.25) is 0 Å². The quantitative estimate of drug-likeness (QED) is 0.144. The van der Waals surface area contributed by atoms with Crippen molar-refractivity contribution in [3.8, 4) is 39.6 Å². The number of para-hydroxylation sites is 1. The summed E-state index contributed by atoms with van der Waals surface area (Å²) >= 11 is 2.34. The van der Waals surface area contributed by atoms with Crippen LogP contribution in [0.15, 0.2) is 146 Å². The number of nitrogens with zero attached hydrogens (tertiary/aromatic N) is 4. The monoisotopic (exact) mass is 777 g/mol. The van der Waals surface area contributed by atoms with E-state index in [9.17, 15) is 0 Å². The molecule has 5 aromatic carbocycles. The van der Waals surface area contributed by atoms with E-state index in [4.69, 9.17) is 4.74 Å². The van der Waals surface area contributed by atoms with Crippen LogP contribution in [-0.2, 0) is 26.4 Å². The number of pyridine rings is 1. The van der Waals surface area contributed by atoms with E-state index in [-0.39, 0.29) is 0 Å². The number of hydrogen-bond donors (Lipinski definition) is 0. The zero-order valence-corrected chi connectivity index (χ0v) is 27.6. The summed E-state index contributed by atoms with van der Waals surface area (Å²) in [5.41, 5.74) is 9.10. The van der Waals surface area contributed by atoms with Crippen molar-refractivity contribution in [1.29, 1.82) is 0 Å². The van der Waals surface area contributed by atoms with E-state index in [1.807, 2.05) is 56.6 Å². The van der Waals surface area contributed by atoms with Crippen molar-refractivity contribution >= 4 is 17.1 Å². The zero-order valence-electron chi connectivity index (χ0n) is 25.4. The van der Waals surface area contributed by atoms with Crippen molar-refractivity contribution in [2.45, 2.75) is 6.92 Å². The normalized spacial score (nSPS) is 11.0. The molecule has 2 aromatic heterocycles. The summed E-state index contributed by atoms with van der Waals surface area (Å²) in [7, 11) is 2.04. The molecular weight excluding hydrogens is 748 g/mol. The van der Waals surface area contributed by atoms with Gasteiger partial charge in [0.25, 0.3) is 0 Å². The molecule has 0 bridgehead atoms. The Labute approximate surface area is 280 Å². The molecule has 0 aliphatic rings. The third kappa shape index (κ3) is 6.02. The van der Waals surface area contributed by atoms with Crippen molar-refractivity contribution in [3.05, 3.63) is 167 Å². The first kappa shape index (κ1) is 29.5. The number of benzene rings is 5. The third-order valence-corrected chi connectivity index (χ3v) is 9.03. The average Bonchev–Trinajstić information content (AvgIpc) is 3.43. The summed E-state index contributed by atoms with van der Waals surface area (Å²) in [6.45, 7) is 2.02. The molecule has 0 atom stereocenters. The summed E-state index contributed by atoms with van der Waals surface area (Å²) in [5.74, 6) is 1.10. The van der Waals surface area contributed by atoms with E-state index in [2.05, 4.69) is 148 Å². The number of ether oxygens (including phenoxy) is 1. The molecule has 228 valence electrons. The van der Waals surface area contributed by atoms with Crippen LogP contribution in [0.2, 0.25) is 0 Å². The molecule has 6 heteroatoms. The van der Waals surface area contributed by atoms with Gasteiger partial charge in [-0.05, 0) is 18.6 Å². The molecule has 0 aliphatic carbocycles. The van der Waals surface area contributed by atoms with Crippen LogP contribution < -0.4 is 9.64 Å². The Kier molecular flexibility index (Phi) is 8.33. The first-order valence-corrected chi connectivity index (χ1v) is 16.1. The number of imidazole rings is 1. The molecule has 0 fully saturated rings. The van der Waals surface area contributed by atoms with Crippen molar-refractivity contribution in [2.75, 3.05) is 4.90 Å². The number of hydrogen-bond acceptors (Lipinski definition) is 3. The van der Waals surface area contributed by atoms with Gasteiger partial charge >= 0.3 is 256 Å². The van der Waals surface area contributed by atoms with Gasteiger partial charge in [-0.25, -0.2) is 0 Å². The van der Waals surface area contributed by atoms with E-state index in [0.29, 0.717) is 11.6 Å². The van der Waals surface area contributed by atoms with Crippen molar-refractivity contribution < 1.29 is 24.1 Å². The predicted molar refractivity (Wildman–Crippen MR) is 180 cm³/mol. The zero-order chi connectivity index (χ0) is 31.5. The first-order chi connectivity index (χ1) is 22.5. The molecule has 46 heavy (non-hydrogen) atoms. The van der Waals surface area contributed by atoms with Gasteiger partial charge in [-0.15, -0.1) is 0 Å². The second-order valence-corrected chi connectivity index (χ2v) is 11.9. The van der Waals surface area contributed by atoms with E-state index >= 15 is 0 Å². The summed E-state index contributed by atoms with van der Waals surface area (Å²) in [6.07, 6.45) is 5.87. The van der Waals surface area contributed by atoms with Gasteiger partial charge in [0.2, 0.25) is 0 Å². The van der Waals surface area contributed by atoms with Crippen LogP contribution in [0.3, 0.4) is 0 Å². The van der Waals surface area contributed by atoms with Gasteiger partial charge in [0.05, 0.1) is 0 Å². The van der Waals surface area contributed by atoms with Gasteiger partial charge in [0.15, 0.2) is 0 Å². The molecule has 0 saturated heterocycles. The minimum absolute atomic E-state index is 0.526. The fraction of sp³-hybridized carbons (Fsp3) is 0.0500. The molecule has 0 radical (unpaired) electrons. The van der Waals surface area contributed by atoms with Crippen molar-refractivity contribution in [2.24, 2.45) is 7.05 Å². The topological polar surface area (TPSA) is 35.2 Å². The number of aromatic nitrogens is 3. The van der Waals surface area contributed by atoms with Gasteiger partial charge in [-0.1, -0.05) is 0 Å². The Morgan fingerprint density at radius 1 is 0.696 bits per heavy atom. The molecule has 0 saturated carbocycles. The molecule has 7 aromatic rings. The molecule has 2 heterocycles. The second kappa shape index (κ2) is 13.0. The Bertz CT molecular complexity index is 2130. The molecule has 0 aliphatic heterocycles. The average molecular weight is 778 g/mol. The first-order valence-electron chi connectivity index (χ1n) is 14.9. The van der Waals surface area contributed by atoms with Gasteiger partial charge in [-0.2, -0.15) is 0 Å². The standard InChI is InChI=1S/C40H30N4O.Pt/c1-30-22-23-41-39(26-30)45-36-19-10-18-35(28-36)44(34-17-9-16-33(27-34)43-25-24-42(2)29-43)40-37(31-12-5-3-6-13-31)20-11-21-38(40)32-14-7-4-8-15-32;/h3-26H,1-2H3;/q-2;. The number of anilines is 3. The van der Waals surface area contributed by atoms with Crippen LogP contribution >= 0.6 is 0 Å². The summed E-state index contributed by atoms with van der Waals surface area (Å²) < 4.78 is 11.5. The number of aryl methyl sites for hydroxylation is 2. The Morgan fingerprint density at radius 2 is 1.33 bits per heavy atom. The van der Waals surface area contributed by atoms with E-state index in [0.717, 1.165) is 54.4 Å². The van der Waals surface area contributed by atoms with Crippen molar-refractivity contribution in [3.63, 3.8) is 0 Å². The number of rotatable bonds is 8. The van der Waals surface area contributed by atoms with Crippen LogP contribution in [0.25, 0.3) is 27.9 Å². The Hall–Kier alpha value is -5.25. The maximum absolute atomic E-state index is 6.25. The second-order valence-electron chi connectivity index (χ2n) is 10.9. The molecule has 0 spiro atoms. The molecule has 0 N–H and O–H groups in total. The summed E-state index contributed by atoms with van der Waals surface area (Å²) in [4.78, 5) is 6.66. The summed E-state index contributed by atoms with van der Waals surface area (Å²) in [5, 5.41) is 0. The van der Waals surface area contributed by atoms with Crippen LogP contribution in [-0.4, -0.2) is 14.1 Å². The van der Waals surface area contributed by atoms with Crippen molar-refractivity contribution in [1.82, 2.24) is 14.1 Å². The van der Waals surface area contributed by atoms with Crippen LogP contribution in [0.1, 0.15) is 5.56 Å². The SMILES string of the molecule is Cc1ccnc(Oc2[c-]c(N(c3[c-]c(-n4ccn(C)[c]4=[Pt])ccc3)c3c(-c4ccccc4)cccc3-c3ccccc3)ccc2)c1.